The summed E-state index contributed by atoms with van der Waals surface area (Å²) < 4.78 is 28.3. The number of nitrogens with two attached hydrogens (primary N) is 2. The highest BCUT2D eigenvalue weighted by Gasteiger charge is 2.38. The van der Waals surface area contributed by atoms with E-state index in [4.69, 9.17) is 30.7 Å². The molecule has 12 N–H and O–H groups in total. The highest BCUT2D eigenvalue weighted by Crippen LogP contribution is 2.38. The third kappa shape index (κ3) is 18.8. The van der Waals surface area contributed by atoms with Crippen LogP contribution < -0.4 is 38.1 Å². The Labute approximate surface area is 358 Å². The molecule has 7 amide bonds. The molecule has 0 aliphatic carbocycles. The minimum Gasteiger partial charge on any atom is -0.394 e. The number of nitrogens with one attached hydrogen (secondary N) is 5. The SMILES string of the molecule is CC(C)C[C@H](NC(=O)[C@@H]1CCCN1C(=O)CCOCCOCCNC(=O)[C@@H](N)CS)C(=O)N[C@@H](Cc1cncn1C)C(=O)N[C@@H](CO)C(=O)N[C@H](C(N)=O)C(C)OP(=O)(O)O. The van der Waals surface area contributed by atoms with E-state index >= 15 is 0 Å². The van der Waals surface area contributed by atoms with Gasteiger partial charge in [-0.1, -0.05) is 13.8 Å². The van der Waals surface area contributed by atoms with Crippen molar-refractivity contribution in [2.75, 3.05) is 51.9 Å². The van der Waals surface area contributed by atoms with Crippen molar-refractivity contribution in [3.63, 3.8) is 0 Å². The maximum atomic E-state index is 13.9. The van der Waals surface area contributed by atoms with E-state index in [0.29, 0.717) is 25.1 Å². The van der Waals surface area contributed by atoms with E-state index in [1.165, 1.54) is 17.4 Å². The number of hydrogen-bond donors (Lipinski definition) is 11. The van der Waals surface area contributed by atoms with Crippen LogP contribution in [0.15, 0.2) is 12.5 Å². The van der Waals surface area contributed by atoms with Crippen LogP contribution in [-0.4, -0.2) is 165 Å². The monoisotopic (exact) mass is 908 g/mol. The maximum absolute atomic E-state index is 13.9. The van der Waals surface area contributed by atoms with Gasteiger partial charge in [-0.2, -0.15) is 12.6 Å². The number of rotatable bonds is 28. The summed E-state index contributed by atoms with van der Waals surface area (Å²) in [4.78, 5) is 115. The molecule has 1 aromatic rings. The number of thiol groups is 1. The molecule has 1 saturated heterocycles. The first-order valence-electron chi connectivity index (χ1n) is 19.6. The molecule has 0 bridgehead atoms. The maximum Gasteiger partial charge on any atom is 0.469 e. The van der Waals surface area contributed by atoms with Gasteiger partial charge >= 0.3 is 7.82 Å². The number of phosphoric acid groups is 1. The molecular weight excluding hydrogens is 847 g/mol. The molecule has 2 rings (SSSR count). The standard InChI is InChI=1S/C35H61N10O14PS/c1-20(2)14-24(41-35(53)27-6-5-9-45(27)28(47)7-10-57-12-13-58-11-8-39-31(49)23(36)18-61)32(50)40-25(15-22-16-38-19-44(22)4)33(51)42-26(17-46)34(52)43-29(30(37)48)21(3)59-60(54,55)56/h16,19-21,23-27,29,46,61H,5-15,17-18,36H2,1-4H3,(H2,37,48)(H,39,49)(H,40,50)(H,41,53)(H,42,51)(H,43,52)(H2,54,55,56)/t21?,23-,24-,25-,26-,27-,29-/m0/s1. The highest BCUT2D eigenvalue weighted by atomic mass is 32.1. The van der Waals surface area contributed by atoms with Gasteiger partial charge in [-0.3, -0.25) is 38.1 Å². The van der Waals surface area contributed by atoms with Crippen molar-refractivity contribution in [1.82, 2.24) is 41.0 Å². The Morgan fingerprint density at radius 1 is 0.934 bits per heavy atom. The summed E-state index contributed by atoms with van der Waals surface area (Å²) in [6, 6.07) is -7.71. The molecule has 346 valence electrons. The van der Waals surface area contributed by atoms with Crippen molar-refractivity contribution < 1.29 is 67.0 Å². The summed E-state index contributed by atoms with van der Waals surface area (Å²) >= 11 is 3.97. The smallest absolute Gasteiger partial charge is 0.394 e. The Bertz CT molecular complexity index is 1680. The molecule has 61 heavy (non-hydrogen) atoms. The van der Waals surface area contributed by atoms with Crippen LogP contribution in [0.3, 0.4) is 0 Å². The fourth-order valence-electron chi connectivity index (χ4n) is 6.08. The first-order valence-corrected chi connectivity index (χ1v) is 21.7. The van der Waals surface area contributed by atoms with Gasteiger partial charge in [0.2, 0.25) is 41.4 Å². The molecule has 1 aliphatic rings. The predicted octanol–water partition coefficient (Wildman–Crippen LogP) is -4.29. The molecule has 1 fully saturated rings. The zero-order valence-electron chi connectivity index (χ0n) is 34.7. The number of imidazole rings is 1. The molecule has 1 aliphatic heterocycles. The van der Waals surface area contributed by atoms with Crippen LogP contribution in [0, 0.1) is 5.92 Å². The molecule has 24 nitrogen and oxygen atoms in total. The number of likely N-dealkylation sites (tertiary alicyclic amines) is 1. The summed E-state index contributed by atoms with van der Waals surface area (Å²) in [5.41, 5.74) is 11.4. The second-order valence-corrected chi connectivity index (χ2v) is 16.2. The van der Waals surface area contributed by atoms with Crippen LogP contribution in [0.2, 0.25) is 0 Å². The van der Waals surface area contributed by atoms with E-state index in [1.807, 2.05) is 13.8 Å². The average molecular weight is 909 g/mol. The zero-order valence-corrected chi connectivity index (χ0v) is 36.5. The Morgan fingerprint density at radius 3 is 2.13 bits per heavy atom. The Kier molecular flexibility index (Phi) is 22.8. The summed E-state index contributed by atoms with van der Waals surface area (Å²) in [5.74, 6) is -5.28. The lowest BCUT2D eigenvalue weighted by atomic mass is 10.0. The number of carbonyl (C=O) groups excluding carboxylic acids is 7. The van der Waals surface area contributed by atoms with Crippen LogP contribution in [0.25, 0.3) is 0 Å². The number of ether oxygens (including phenoxy) is 2. The van der Waals surface area contributed by atoms with Crippen LogP contribution in [0.5, 0.6) is 0 Å². The number of aromatic nitrogens is 2. The lowest BCUT2D eigenvalue weighted by Crippen LogP contribution is -2.61. The normalized spacial score (nSPS) is 17.1. The summed E-state index contributed by atoms with van der Waals surface area (Å²) in [6.45, 7) is 4.95. The number of carbonyl (C=O) groups is 7. The molecule has 7 atom stereocenters. The fraction of sp³-hybridized carbons (Fsp3) is 0.714. The largest absolute Gasteiger partial charge is 0.469 e. The number of nitrogens with zero attached hydrogens (tertiary/aromatic N) is 3. The molecule has 0 aromatic carbocycles. The Morgan fingerprint density at radius 2 is 1.56 bits per heavy atom. The third-order valence-electron chi connectivity index (χ3n) is 9.28. The number of primary amides is 1. The van der Waals surface area contributed by atoms with Gasteiger partial charge in [0.05, 0.1) is 57.9 Å². The molecule has 1 unspecified atom stereocenters. The number of aliphatic hydroxyl groups excluding tert-OH is 1. The second-order valence-electron chi connectivity index (χ2n) is 14.7. The van der Waals surface area contributed by atoms with Gasteiger partial charge in [-0.25, -0.2) is 9.55 Å². The van der Waals surface area contributed by atoms with Gasteiger partial charge in [0.25, 0.3) is 0 Å². The molecule has 0 spiro atoms. The molecule has 26 heteroatoms. The van der Waals surface area contributed by atoms with Crippen molar-refractivity contribution in [3.05, 3.63) is 18.2 Å². The number of hydrogen-bond acceptors (Lipinski definition) is 15. The van der Waals surface area contributed by atoms with Crippen molar-refractivity contribution in [1.29, 1.82) is 0 Å². The van der Waals surface area contributed by atoms with E-state index in [9.17, 15) is 43.2 Å². The molecule has 0 radical (unpaired) electrons. The fourth-order valence-corrected chi connectivity index (χ4v) is 6.80. The molecule has 0 saturated carbocycles. The van der Waals surface area contributed by atoms with Crippen molar-refractivity contribution in [2.24, 2.45) is 24.4 Å². The van der Waals surface area contributed by atoms with Gasteiger partial charge in [-0.15, -0.1) is 0 Å². The number of aryl methyl sites for hydroxylation is 1. The summed E-state index contributed by atoms with van der Waals surface area (Å²) in [7, 11) is -3.48. The highest BCUT2D eigenvalue weighted by molar-refractivity contribution is 7.80. The van der Waals surface area contributed by atoms with Crippen molar-refractivity contribution >= 4 is 61.8 Å². The van der Waals surface area contributed by atoms with E-state index in [1.54, 1.807) is 11.6 Å². The van der Waals surface area contributed by atoms with Crippen molar-refractivity contribution in [3.8, 4) is 0 Å². The van der Waals surface area contributed by atoms with Crippen LogP contribution in [0.1, 0.15) is 52.1 Å². The summed E-state index contributed by atoms with van der Waals surface area (Å²) in [6.07, 6.45) is 2.10. The minimum atomic E-state index is -5.11. The Balaban J connectivity index is 2.08. The van der Waals surface area contributed by atoms with Crippen molar-refractivity contribution in [2.45, 2.75) is 95.2 Å². The van der Waals surface area contributed by atoms with Crippen LogP contribution >= 0.6 is 20.5 Å². The van der Waals surface area contributed by atoms with E-state index in [2.05, 4.69) is 48.7 Å². The van der Waals surface area contributed by atoms with E-state index in [-0.39, 0.29) is 75.7 Å². The van der Waals surface area contributed by atoms with E-state index < -0.39 is 86.3 Å². The number of aliphatic hydroxyl groups is 1. The van der Waals surface area contributed by atoms with Gasteiger partial charge in [0.15, 0.2) is 0 Å². The number of amides is 7. The van der Waals surface area contributed by atoms with Gasteiger partial charge < -0.3 is 71.9 Å². The van der Waals surface area contributed by atoms with Gasteiger partial charge in [-0.05, 0) is 32.1 Å². The van der Waals surface area contributed by atoms with E-state index in [0.717, 1.165) is 6.92 Å². The van der Waals surface area contributed by atoms with Crippen LogP contribution in [0.4, 0.5) is 0 Å². The second kappa shape index (κ2) is 26.3. The van der Waals surface area contributed by atoms with Gasteiger partial charge in [0.1, 0.15) is 30.2 Å². The molecule has 2 heterocycles. The first kappa shape index (κ1) is 52.9. The lowest BCUT2D eigenvalue weighted by molar-refractivity contribution is -0.140. The zero-order chi connectivity index (χ0) is 45.9. The summed E-state index contributed by atoms with van der Waals surface area (Å²) in [5, 5.41) is 22.4. The molecular formula is C35H61N10O14PS. The van der Waals surface area contributed by atoms with Gasteiger partial charge in [0, 0.05) is 44.2 Å². The average Bonchev–Trinajstić information content (AvgIpc) is 3.85. The number of phosphoric ester groups is 1. The van der Waals surface area contributed by atoms with Crippen LogP contribution in [-0.2, 0) is 65.6 Å². The third-order valence-corrected chi connectivity index (χ3v) is 10.3. The topological polar surface area (TPSA) is 358 Å². The predicted molar refractivity (Wildman–Crippen MR) is 219 cm³/mol. The Hall–Kier alpha value is -4.20. The quantitative estimate of drug-likeness (QED) is 0.0215. The minimum absolute atomic E-state index is 0.0155. The molecule has 1 aromatic heterocycles. The lowest BCUT2D eigenvalue weighted by Gasteiger charge is -2.29. The first-order chi connectivity index (χ1) is 28.7.